The highest BCUT2D eigenvalue weighted by Crippen LogP contribution is 2.40. The van der Waals surface area contributed by atoms with Crippen LogP contribution in [0.25, 0.3) is 0 Å². The van der Waals surface area contributed by atoms with E-state index in [1.807, 2.05) is 13.0 Å². The number of carbonyl (C=O) groups is 1. The van der Waals surface area contributed by atoms with Crippen LogP contribution >= 0.6 is 0 Å². The highest BCUT2D eigenvalue weighted by Gasteiger charge is 2.32. The minimum Gasteiger partial charge on any atom is -0.508 e. The maximum atomic E-state index is 11.1. The molecule has 0 heterocycles. The van der Waals surface area contributed by atoms with Crippen LogP contribution < -0.4 is 0 Å². The number of aliphatic carboxylic acids is 1. The second-order valence-electron chi connectivity index (χ2n) is 4.38. The Balaban J connectivity index is 2.32. The molecule has 2 rings (SSSR count). The molecule has 0 saturated carbocycles. The summed E-state index contributed by atoms with van der Waals surface area (Å²) in [6.45, 7) is 1.91. The predicted octanol–water partition coefficient (Wildman–Crippen LogP) is 2.53. The zero-order valence-electron chi connectivity index (χ0n) is 9.31. The van der Waals surface area contributed by atoms with Crippen molar-refractivity contribution in [3.63, 3.8) is 0 Å². The number of carboxylic acid groups (broad SMARTS) is 1. The molecule has 1 aromatic rings. The summed E-state index contributed by atoms with van der Waals surface area (Å²) in [6, 6.07) is 5.27. The van der Waals surface area contributed by atoms with Gasteiger partial charge in [-0.05, 0) is 48.4 Å². The standard InChI is InChI=1S/C13H16O3/c1-2-10(13(15)16)12-5-3-8-7-9(14)4-6-11(8)12/h4,6-7,10,12,14H,2-3,5H2,1H3,(H,15,16)/t10-,12-/m0/s1. The van der Waals surface area contributed by atoms with Crippen molar-refractivity contribution in [2.75, 3.05) is 0 Å². The van der Waals surface area contributed by atoms with Gasteiger partial charge in [0.15, 0.2) is 0 Å². The van der Waals surface area contributed by atoms with Crippen molar-refractivity contribution in [3.8, 4) is 5.75 Å². The number of benzene rings is 1. The zero-order chi connectivity index (χ0) is 11.7. The molecule has 0 aliphatic heterocycles. The molecular weight excluding hydrogens is 204 g/mol. The summed E-state index contributed by atoms with van der Waals surface area (Å²) in [5.41, 5.74) is 2.21. The van der Waals surface area contributed by atoms with E-state index < -0.39 is 5.97 Å². The average molecular weight is 220 g/mol. The smallest absolute Gasteiger partial charge is 0.307 e. The van der Waals surface area contributed by atoms with Gasteiger partial charge in [-0.15, -0.1) is 0 Å². The van der Waals surface area contributed by atoms with Gasteiger partial charge in [0.1, 0.15) is 5.75 Å². The van der Waals surface area contributed by atoms with Gasteiger partial charge < -0.3 is 10.2 Å². The summed E-state index contributed by atoms with van der Waals surface area (Å²) >= 11 is 0. The van der Waals surface area contributed by atoms with E-state index in [2.05, 4.69) is 0 Å². The van der Waals surface area contributed by atoms with Gasteiger partial charge in [0.25, 0.3) is 0 Å². The van der Waals surface area contributed by atoms with Gasteiger partial charge in [-0.25, -0.2) is 0 Å². The first-order valence-corrected chi connectivity index (χ1v) is 5.68. The number of rotatable bonds is 3. The predicted molar refractivity (Wildman–Crippen MR) is 60.6 cm³/mol. The fraction of sp³-hybridized carbons (Fsp3) is 0.462. The normalized spacial score (nSPS) is 20.4. The summed E-state index contributed by atoms with van der Waals surface area (Å²) in [5.74, 6) is -0.639. The van der Waals surface area contributed by atoms with Crippen molar-refractivity contribution < 1.29 is 15.0 Å². The lowest BCUT2D eigenvalue weighted by atomic mass is 9.85. The highest BCUT2D eigenvalue weighted by atomic mass is 16.4. The third kappa shape index (κ3) is 1.77. The van der Waals surface area contributed by atoms with E-state index in [0.29, 0.717) is 6.42 Å². The summed E-state index contributed by atoms with van der Waals surface area (Å²) in [4.78, 5) is 11.1. The largest absolute Gasteiger partial charge is 0.508 e. The zero-order valence-corrected chi connectivity index (χ0v) is 9.31. The number of aromatic hydroxyl groups is 1. The number of phenols is 1. The monoisotopic (exact) mass is 220 g/mol. The lowest BCUT2D eigenvalue weighted by Gasteiger charge is -2.18. The van der Waals surface area contributed by atoms with Crippen LogP contribution in [0.2, 0.25) is 0 Å². The average Bonchev–Trinajstić information content (AvgIpc) is 2.62. The van der Waals surface area contributed by atoms with E-state index in [9.17, 15) is 9.90 Å². The van der Waals surface area contributed by atoms with Gasteiger partial charge in [0.2, 0.25) is 0 Å². The van der Waals surface area contributed by atoms with E-state index in [1.165, 1.54) is 0 Å². The van der Waals surface area contributed by atoms with Gasteiger partial charge >= 0.3 is 5.97 Å². The molecule has 0 fully saturated rings. The van der Waals surface area contributed by atoms with Crippen molar-refractivity contribution in [2.45, 2.75) is 32.1 Å². The van der Waals surface area contributed by atoms with Gasteiger partial charge in [0, 0.05) is 0 Å². The van der Waals surface area contributed by atoms with Crippen LogP contribution in [0.3, 0.4) is 0 Å². The van der Waals surface area contributed by atoms with Crippen LogP contribution in [0.1, 0.15) is 36.8 Å². The number of hydrogen-bond acceptors (Lipinski definition) is 2. The van der Waals surface area contributed by atoms with Crippen LogP contribution in [0.5, 0.6) is 5.75 Å². The van der Waals surface area contributed by atoms with Gasteiger partial charge in [-0.2, -0.15) is 0 Å². The van der Waals surface area contributed by atoms with E-state index in [-0.39, 0.29) is 17.6 Å². The van der Waals surface area contributed by atoms with Crippen molar-refractivity contribution in [1.29, 1.82) is 0 Å². The Morgan fingerprint density at radius 3 is 2.94 bits per heavy atom. The van der Waals surface area contributed by atoms with Crippen molar-refractivity contribution >= 4 is 5.97 Å². The first-order chi connectivity index (χ1) is 7.63. The Labute approximate surface area is 94.7 Å². The third-order valence-corrected chi connectivity index (χ3v) is 3.49. The van der Waals surface area contributed by atoms with Gasteiger partial charge in [-0.1, -0.05) is 13.0 Å². The maximum Gasteiger partial charge on any atom is 0.307 e. The number of carboxylic acids is 1. The molecular formula is C13H16O3. The molecule has 0 amide bonds. The topological polar surface area (TPSA) is 57.5 Å². The molecule has 0 bridgehead atoms. The number of phenolic OH excluding ortho intramolecular Hbond substituents is 1. The number of aryl methyl sites for hydroxylation is 1. The summed E-state index contributed by atoms with van der Waals surface area (Å²) in [7, 11) is 0. The molecule has 0 spiro atoms. The Bertz CT molecular complexity index is 412. The molecule has 0 aromatic heterocycles. The molecule has 3 nitrogen and oxygen atoms in total. The summed E-state index contributed by atoms with van der Waals surface area (Å²) < 4.78 is 0. The van der Waals surface area contributed by atoms with Crippen molar-refractivity contribution in [2.24, 2.45) is 5.92 Å². The van der Waals surface area contributed by atoms with Crippen molar-refractivity contribution in [1.82, 2.24) is 0 Å². The van der Waals surface area contributed by atoms with E-state index >= 15 is 0 Å². The molecule has 1 aliphatic rings. The Morgan fingerprint density at radius 2 is 2.31 bits per heavy atom. The Morgan fingerprint density at radius 1 is 1.56 bits per heavy atom. The molecule has 2 N–H and O–H groups in total. The molecule has 1 aliphatic carbocycles. The number of hydrogen-bond donors (Lipinski definition) is 2. The highest BCUT2D eigenvalue weighted by molar-refractivity contribution is 5.71. The molecule has 2 atom stereocenters. The summed E-state index contributed by atoms with van der Waals surface area (Å²) in [5, 5.41) is 18.5. The number of fused-ring (bicyclic) bond motifs is 1. The second-order valence-corrected chi connectivity index (χ2v) is 4.38. The molecule has 86 valence electrons. The minimum absolute atomic E-state index is 0.109. The minimum atomic E-state index is -0.714. The lowest BCUT2D eigenvalue weighted by molar-refractivity contribution is -0.142. The van der Waals surface area contributed by atoms with Crippen LogP contribution in [-0.2, 0) is 11.2 Å². The second kappa shape index (κ2) is 4.16. The van der Waals surface area contributed by atoms with E-state index in [4.69, 9.17) is 5.11 Å². The van der Waals surface area contributed by atoms with Gasteiger partial charge in [0.05, 0.1) is 5.92 Å². The quantitative estimate of drug-likeness (QED) is 0.823. The lowest BCUT2D eigenvalue weighted by Crippen LogP contribution is -2.19. The summed E-state index contributed by atoms with van der Waals surface area (Å²) in [6.07, 6.45) is 2.40. The maximum absolute atomic E-state index is 11.1. The fourth-order valence-corrected chi connectivity index (χ4v) is 2.69. The van der Waals surface area contributed by atoms with Crippen LogP contribution in [0.4, 0.5) is 0 Å². The molecule has 0 saturated heterocycles. The third-order valence-electron chi connectivity index (χ3n) is 3.49. The van der Waals surface area contributed by atoms with Crippen LogP contribution in [0.15, 0.2) is 18.2 Å². The molecule has 0 radical (unpaired) electrons. The van der Waals surface area contributed by atoms with E-state index in [1.54, 1.807) is 12.1 Å². The molecule has 0 unspecified atom stereocenters. The van der Waals surface area contributed by atoms with Crippen LogP contribution in [0, 0.1) is 5.92 Å². The SMILES string of the molecule is CC[C@H](C(=O)O)[C@@H]1CCc2cc(O)ccc21. The molecule has 16 heavy (non-hydrogen) atoms. The van der Waals surface area contributed by atoms with Crippen molar-refractivity contribution in [3.05, 3.63) is 29.3 Å². The van der Waals surface area contributed by atoms with Gasteiger partial charge in [-0.3, -0.25) is 4.79 Å². The Hall–Kier alpha value is -1.51. The first kappa shape index (κ1) is 11.0. The van der Waals surface area contributed by atoms with Crippen LogP contribution in [-0.4, -0.2) is 16.2 Å². The van der Waals surface area contributed by atoms with E-state index in [0.717, 1.165) is 24.0 Å². The molecule has 1 aromatic carbocycles. The first-order valence-electron chi connectivity index (χ1n) is 5.68. The molecule has 3 heteroatoms. The Kier molecular flexibility index (Phi) is 2.86. The fourth-order valence-electron chi connectivity index (χ4n) is 2.69.